The lowest BCUT2D eigenvalue weighted by Gasteiger charge is -2.12. The summed E-state index contributed by atoms with van der Waals surface area (Å²) in [6.07, 6.45) is 8.63. The maximum absolute atomic E-state index is 11.1. The van der Waals surface area contributed by atoms with E-state index < -0.39 is 0 Å². The van der Waals surface area contributed by atoms with Crippen LogP contribution in [-0.2, 0) is 14.3 Å². The summed E-state index contributed by atoms with van der Waals surface area (Å²) in [4.78, 5) is 21.3. The Morgan fingerprint density at radius 3 is 3.07 bits per heavy atom. The van der Waals surface area contributed by atoms with E-state index in [2.05, 4.69) is 10.8 Å². The van der Waals surface area contributed by atoms with E-state index in [0.29, 0.717) is 12.8 Å². The Hall–Kier alpha value is -1.38. The van der Waals surface area contributed by atoms with E-state index in [1.54, 1.807) is 0 Å². The van der Waals surface area contributed by atoms with Crippen LogP contribution in [0, 0.1) is 0 Å². The molecule has 0 aromatic heterocycles. The van der Waals surface area contributed by atoms with Gasteiger partial charge in [-0.05, 0) is 19.3 Å². The van der Waals surface area contributed by atoms with Crippen LogP contribution >= 0.6 is 0 Å². The summed E-state index contributed by atoms with van der Waals surface area (Å²) in [6, 6.07) is 0. The molecule has 0 radical (unpaired) electrons. The third kappa shape index (κ3) is 4.11. The van der Waals surface area contributed by atoms with Crippen molar-refractivity contribution in [1.82, 2.24) is 0 Å². The van der Waals surface area contributed by atoms with Gasteiger partial charge in [0.05, 0.1) is 13.5 Å². The van der Waals surface area contributed by atoms with Gasteiger partial charge in [0.15, 0.2) is 0 Å². The van der Waals surface area contributed by atoms with Crippen LogP contribution in [0.2, 0.25) is 0 Å². The van der Waals surface area contributed by atoms with E-state index in [1.807, 2.05) is 6.08 Å². The quantitative estimate of drug-likeness (QED) is 0.513. The Bertz CT molecular complexity index is 300. The highest BCUT2D eigenvalue weighted by molar-refractivity contribution is 5.72. The molecule has 1 aliphatic carbocycles. The average molecular weight is 208 g/mol. The first-order chi connectivity index (χ1) is 7.26. The number of rotatable bonds is 5. The maximum Gasteiger partial charge on any atom is 0.309 e. The van der Waals surface area contributed by atoms with Gasteiger partial charge in [-0.3, -0.25) is 4.79 Å². The zero-order valence-electron chi connectivity index (χ0n) is 8.99. The van der Waals surface area contributed by atoms with Gasteiger partial charge >= 0.3 is 5.97 Å². The van der Waals surface area contributed by atoms with E-state index in [0.717, 1.165) is 36.7 Å². The van der Waals surface area contributed by atoms with E-state index in [9.17, 15) is 9.59 Å². The Labute approximate surface area is 89.8 Å². The highest BCUT2D eigenvalue weighted by Gasteiger charge is 2.09. The van der Waals surface area contributed by atoms with Gasteiger partial charge in [0.2, 0.25) is 0 Å². The topological polar surface area (TPSA) is 43.4 Å². The summed E-state index contributed by atoms with van der Waals surface area (Å²) in [7, 11) is 1.40. The minimum atomic E-state index is -0.196. The van der Waals surface area contributed by atoms with Crippen LogP contribution in [0.4, 0.5) is 0 Å². The smallest absolute Gasteiger partial charge is 0.309 e. The van der Waals surface area contributed by atoms with Crippen LogP contribution in [0.1, 0.15) is 32.1 Å². The number of esters is 1. The first-order valence-electron chi connectivity index (χ1n) is 5.15. The van der Waals surface area contributed by atoms with Crippen molar-refractivity contribution in [3.8, 4) is 0 Å². The molecule has 0 N–H and O–H groups in total. The molecular weight excluding hydrogens is 192 g/mol. The molecule has 0 aromatic rings. The van der Waals surface area contributed by atoms with Crippen LogP contribution < -0.4 is 0 Å². The van der Waals surface area contributed by atoms with Crippen molar-refractivity contribution in [3.05, 3.63) is 23.3 Å². The van der Waals surface area contributed by atoms with Crippen LogP contribution in [0.5, 0.6) is 0 Å². The van der Waals surface area contributed by atoms with E-state index in [-0.39, 0.29) is 5.97 Å². The largest absolute Gasteiger partial charge is 0.469 e. The molecule has 1 aliphatic rings. The van der Waals surface area contributed by atoms with Crippen molar-refractivity contribution in [3.63, 3.8) is 0 Å². The van der Waals surface area contributed by atoms with E-state index >= 15 is 0 Å². The number of carbonyl (C=O) groups is 2. The molecule has 0 unspecified atom stereocenters. The molecule has 0 amide bonds. The average Bonchev–Trinajstić information content (AvgIpc) is 2.26. The zero-order valence-corrected chi connectivity index (χ0v) is 8.99. The van der Waals surface area contributed by atoms with Crippen molar-refractivity contribution in [2.75, 3.05) is 7.11 Å². The van der Waals surface area contributed by atoms with Gasteiger partial charge in [0, 0.05) is 6.42 Å². The van der Waals surface area contributed by atoms with Gasteiger partial charge in [-0.25, -0.2) is 0 Å². The molecule has 0 aliphatic heterocycles. The first-order valence-corrected chi connectivity index (χ1v) is 5.15. The van der Waals surface area contributed by atoms with Crippen molar-refractivity contribution in [2.24, 2.45) is 0 Å². The Kier molecular flexibility index (Phi) is 4.81. The number of hydrogen-bond donors (Lipinski definition) is 0. The maximum atomic E-state index is 11.1. The molecule has 0 fully saturated rings. The lowest BCUT2D eigenvalue weighted by Crippen LogP contribution is -2.04. The second-order valence-electron chi connectivity index (χ2n) is 3.58. The number of hydrogen-bond acceptors (Lipinski definition) is 3. The normalized spacial score (nSPS) is 15.3. The minimum Gasteiger partial charge on any atom is -0.469 e. The molecule has 3 heteroatoms. The first kappa shape index (κ1) is 11.7. The molecular formula is C12H16O3. The molecule has 0 bridgehead atoms. The SMILES string of the molecule is COC(=O)CC1=CC(CCC=O)=CCC1. The fourth-order valence-electron chi connectivity index (χ4n) is 1.63. The highest BCUT2D eigenvalue weighted by Crippen LogP contribution is 2.22. The second kappa shape index (κ2) is 6.17. The lowest BCUT2D eigenvalue weighted by atomic mass is 9.95. The van der Waals surface area contributed by atoms with E-state index in [1.165, 1.54) is 7.11 Å². The lowest BCUT2D eigenvalue weighted by molar-refractivity contribution is -0.139. The standard InChI is InChI=1S/C12H16O3/c1-15-12(14)9-11-5-2-4-10(8-11)6-3-7-13/h4,7-8H,2-3,5-6,9H2,1H3. The predicted octanol–water partition coefficient (Wildman–Crippen LogP) is 2.18. The van der Waals surface area contributed by atoms with Crippen molar-refractivity contribution in [1.29, 1.82) is 0 Å². The third-order valence-corrected chi connectivity index (χ3v) is 2.41. The Balaban J connectivity index is 2.51. The summed E-state index contributed by atoms with van der Waals surface area (Å²) < 4.78 is 4.61. The van der Waals surface area contributed by atoms with Gasteiger partial charge in [-0.2, -0.15) is 0 Å². The molecule has 15 heavy (non-hydrogen) atoms. The van der Waals surface area contributed by atoms with Crippen molar-refractivity contribution < 1.29 is 14.3 Å². The monoisotopic (exact) mass is 208 g/mol. The van der Waals surface area contributed by atoms with Crippen molar-refractivity contribution in [2.45, 2.75) is 32.1 Å². The van der Waals surface area contributed by atoms with Gasteiger partial charge in [0.25, 0.3) is 0 Å². The van der Waals surface area contributed by atoms with Gasteiger partial charge in [0.1, 0.15) is 6.29 Å². The summed E-state index contributed by atoms with van der Waals surface area (Å²) in [5, 5.41) is 0. The molecule has 0 heterocycles. The summed E-state index contributed by atoms with van der Waals surface area (Å²) in [5.74, 6) is -0.196. The van der Waals surface area contributed by atoms with E-state index in [4.69, 9.17) is 0 Å². The molecule has 0 spiro atoms. The summed E-state index contributed by atoms with van der Waals surface area (Å²) in [6.45, 7) is 0. The molecule has 0 saturated carbocycles. The van der Waals surface area contributed by atoms with Crippen LogP contribution in [-0.4, -0.2) is 19.4 Å². The molecule has 1 rings (SSSR count). The summed E-state index contributed by atoms with van der Waals surface area (Å²) in [5.41, 5.74) is 2.26. The van der Waals surface area contributed by atoms with Gasteiger partial charge in [-0.15, -0.1) is 0 Å². The van der Waals surface area contributed by atoms with Gasteiger partial charge < -0.3 is 9.53 Å². The number of methoxy groups -OCH3 is 1. The predicted molar refractivity (Wildman–Crippen MR) is 57.3 cm³/mol. The van der Waals surface area contributed by atoms with Crippen LogP contribution in [0.15, 0.2) is 23.3 Å². The highest BCUT2D eigenvalue weighted by atomic mass is 16.5. The number of allylic oxidation sites excluding steroid dienone is 3. The zero-order chi connectivity index (χ0) is 11.1. The molecule has 0 aromatic carbocycles. The minimum absolute atomic E-state index is 0.196. The third-order valence-electron chi connectivity index (χ3n) is 2.41. The molecule has 82 valence electrons. The Morgan fingerprint density at radius 1 is 1.60 bits per heavy atom. The Morgan fingerprint density at radius 2 is 2.40 bits per heavy atom. The fraction of sp³-hybridized carbons (Fsp3) is 0.500. The number of ether oxygens (including phenoxy) is 1. The summed E-state index contributed by atoms with van der Waals surface area (Å²) >= 11 is 0. The van der Waals surface area contributed by atoms with Gasteiger partial charge in [-0.1, -0.05) is 23.3 Å². The molecule has 0 atom stereocenters. The van der Waals surface area contributed by atoms with Crippen LogP contribution in [0.25, 0.3) is 0 Å². The van der Waals surface area contributed by atoms with Crippen LogP contribution in [0.3, 0.4) is 0 Å². The second-order valence-corrected chi connectivity index (χ2v) is 3.58. The fourth-order valence-corrected chi connectivity index (χ4v) is 1.63. The molecule has 0 saturated heterocycles. The molecule has 3 nitrogen and oxygen atoms in total. The number of carbonyl (C=O) groups excluding carboxylic acids is 2. The number of aldehydes is 1. The van der Waals surface area contributed by atoms with Crippen molar-refractivity contribution >= 4 is 12.3 Å².